The molecule has 3 aromatic rings. The third kappa shape index (κ3) is 4.60. The van der Waals surface area contributed by atoms with Crippen LogP contribution in [0.2, 0.25) is 0 Å². The van der Waals surface area contributed by atoms with Gasteiger partial charge in [0.25, 0.3) is 0 Å². The van der Waals surface area contributed by atoms with Crippen molar-refractivity contribution in [2.45, 2.75) is 17.9 Å². The molecular weight excluding hydrogens is 380 g/mol. The van der Waals surface area contributed by atoms with Crippen molar-refractivity contribution >= 4 is 40.6 Å². The van der Waals surface area contributed by atoms with Gasteiger partial charge < -0.3 is 5.32 Å². The van der Waals surface area contributed by atoms with E-state index in [0.717, 1.165) is 27.7 Å². The van der Waals surface area contributed by atoms with Crippen molar-refractivity contribution in [3.8, 4) is 0 Å². The topological polar surface area (TPSA) is 66.7 Å². The standard InChI is InChI=1S/C23H20N4OS/c1-16-22(17-9-3-2-4-10-17)23(26-19-12-6-5-11-18(19)25-16)27-20(28)15-29-21-13-7-8-14-24-21/h2-14,22H,15H2,1H3,(H,26,27,28)/t22-/m0/s1. The number of aliphatic imine (C=N–C) groups is 2. The predicted molar refractivity (Wildman–Crippen MR) is 119 cm³/mol. The lowest BCUT2D eigenvalue weighted by molar-refractivity contribution is -0.117. The SMILES string of the molecule is CC1=Nc2ccccc2N=C(NC(=O)CSc2ccccn2)[C@@H]1c1ccccc1. The van der Waals surface area contributed by atoms with Crippen molar-refractivity contribution in [2.24, 2.45) is 9.98 Å². The zero-order chi connectivity index (χ0) is 20.1. The number of pyridine rings is 1. The second-order valence-corrected chi connectivity index (χ2v) is 7.58. The van der Waals surface area contributed by atoms with Crippen LogP contribution in [0.4, 0.5) is 11.4 Å². The highest BCUT2D eigenvalue weighted by atomic mass is 32.2. The van der Waals surface area contributed by atoms with E-state index in [1.54, 1.807) is 6.20 Å². The molecule has 1 atom stereocenters. The highest BCUT2D eigenvalue weighted by Gasteiger charge is 2.26. The molecule has 0 bridgehead atoms. The molecule has 29 heavy (non-hydrogen) atoms. The molecule has 0 saturated heterocycles. The van der Waals surface area contributed by atoms with Crippen molar-refractivity contribution in [1.82, 2.24) is 10.3 Å². The van der Waals surface area contributed by atoms with Gasteiger partial charge in [0.15, 0.2) is 0 Å². The average molecular weight is 401 g/mol. The molecule has 144 valence electrons. The molecule has 0 fully saturated rings. The Kier molecular flexibility index (Phi) is 5.81. The summed E-state index contributed by atoms with van der Waals surface area (Å²) in [6, 6.07) is 23.4. The van der Waals surface area contributed by atoms with E-state index in [2.05, 4.69) is 10.3 Å². The minimum absolute atomic E-state index is 0.118. The van der Waals surface area contributed by atoms with Crippen LogP contribution in [0.5, 0.6) is 0 Å². The quantitative estimate of drug-likeness (QED) is 0.633. The maximum Gasteiger partial charge on any atom is 0.235 e. The number of hydrogen-bond acceptors (Lipinski definition) is 5. The smallest absolute Gasteiger partial charge is 0.235 e. The van der Waals surface area contributed by atoms with Crippen LogP contribution in [0.25, 0.3) is 0 Å². The molecule has 1 aliphatic heterocycles. The summed E-state index contributed by atoms with van der Waals surface area (Å²) in [5.41, 5.74) is 3.48. The number of thioether (sulfide) groups is 1. The number of amidine groups is 1. The van der Waals surface area contributed by atoms with E-state index in [1.165, 1.54) is 11.8 Å². The molecule has 1 aliphatic rings. The second-order valence-electron chi connectivity index (χ2n) is 6.59. The highest BCUT2D eigenvalue weighted by Crippen LogP contribution is 2.34. The first-order chi connectivity index (χ1) is 14.2. The average Bonchev–Trinajstić information content (AvgIpc) is 2.89. The summed E-state index contributed by atoms with van der Waals surface area (Å²) in [6.07, 6.45) is 1.72. The number of benzene rings is 2. The third-order valence-electron chi connectivity index (χ3n) is 4.50. The first-order valence-electron chi connectivity index (χ1n) is 9.32. The van der Waals surface area contributed by atoms with Crippen molar-refractivity contribution in [2.75, 3.05) is 5.75 Å². The highest BCUT2D eigenvalue weighted by molar-refractivity contribution is 7.99. The number of rotatable bonds is 4. The van der Waals surface area contributed by atoms with E-state index in [9.17, 15) is 4.79 Å². The van der Waals surface area contributed by atoms with Gasteiger partial charge in [-0.1, -0.05) is 60.3 Å². The summed E-state index contributed by atoms with van der Waals surface area (Å²) in [4.78, 5) is 26.5. The molecule has 0 saturated carbocycles. The maximum absolute atomic E-state index is 12.7. The Morgan fingerprint density at radius 2 is 1.62 bits per heavy atom. The molecular formula is C23H20N4OS. The monoisotopic (exact) mass is 400 g/mol. The molecule has 0 radical (unpaired) electrons. The van der Waals surface area contributed by atoms with Crippen LogP contribution >= 0.6 is 11.8 Å². The Bertz CT molecular complexity index is 1060. The number of para-hydroxylation sites is 2. The van der Waals surface area contributed by atoms with Gasteiger partial charge in [-0.25, -0.2) is 9.98 Å². The van der Waals surface area contributed by atoms with Crippen LogP contribution in [0.1, 0.15) is 18.4 Å². The Balaban J connectivity index is 1.63. The van der Waals surface area contributed by atoms with E-state index in [0.29, 0.717) is 5.84 Å². The van der Waals surface area contributed by atoms with Gasteiger partial charge in [-0.05, 0) is 36.8 Å². The van der Waals surface area contributed by atoms with E-state index in [-0.39, 0.29) is 17.6 Å². The predicted octanol–water partition coefficient (Wildman–Crippen LogP) is 4.91. The summed E-state index contributed by atoms with van der Waals surface area (Å²) in [7, 11) is 0. The zero-order valence-electron chi connectivity index (χ0n) is 15.9. The Morgan fingerprint density at radius 3 is 2.34 bits per heavy atom. The van der Waals surface area contributed by atoms with E-state index in [1.807, 2.05) is 79.7 Å². The Labute approximate surface area is 174 Å². The lowest BCUT2D eigenvalue weighted by Crippen LogP contribution is -2.38. The van der Waals surface area contributed by atoms with Gasteiger partial charge in [-0.2, -0.15) is 0 Å². The molecule has 5 nitrogen and oxygen atoms in total. The molecule has 1 aromatic heterocycles. The lowest BCUT2D eigenvalue weighted by Gasteiger charge is -2.19. The molecule has 6 heteroatoms. The molecule has 0 spiro atoms. The number of amides is 1. The second kappa shape index (κ2) is 8.84. The van der Waals surface area contributed by atoms with E-state index >= 15 is 0 Å². The molecule has 4 rings (SSSR count). The normalized spacial score (nSPS) is 15.6. The van der Waals surface area contributed by atoms with Gasteiger partial charge in [0.2, 0.25) is 5.91 Å². The van der Waals surface area contributed by atoms with Crippen LogP contribution in [0.15, 0.2) is 94.0 Å². The first-order valence-corrected chi connectivity index (χ1v) is 10.3. The van der Waals surface area contributed by atoms with Gasteiger partial charge >= 0.3 is 0 Å². The summed E-state index contributed by atoms with van der Waals surface area (Å²) in [6.45, 7) is 1.98. The van der Waals surface area contributed by atoms with Gasteiger partial charge in [0, 0.05) is 11.9 Å². The molecule has 2 heterocycles. The van der Waals surface area contributed by atoms with E-state index < -0.39 is 0 Å². The van der Waals surface area contributed by atoms with Crippen molar-refractivity contribution < 1.29 is 4.79 Å². The fourth-order valence-electron chi connectivity index (χ4n) is 3.20. The Morgan fingerprint density at radius 1 is 0.931 bits per heavy atom. The number of carbonyl (C=O) groups is 1. The summed E-state index contributed by atoms with van der Waals surface area (Å²) < 4.78 is 0. The van der Waals surface area contributed by atoms with Crippen LogP contribution in [0.3, 0.4) is 0 Å². The minimum Gasteiger partial charge on any atom is -0.313 e. The van der Waals surface area contributed by atoms with Crippen molar-refractivity contribution in [3.05, 3.63) is 84.6 Å². The summed E-state index contributed by atoms with van der Waals surface area (Å²) >= 11 is 1.40. The van der Waals surface area contributed by atoms with Crippen molar-refractivity contribution in [3.63, 3.8) is 0 Å². The zero-order valence-corrected chi connectivity index (χ0v) is 16.8. The third-order valence-corrected chi connectivity index (χ3v) is 5.44. The molecule has 0 aliphatic carbocycles. The van der Waals surface area contributed by atoms with Gasteiger partial charge in [-0.3, -0.25) is 9.79 Å². The van der Waals surface area contributed by atoms with Crippen LogP contribution in [-0.4, -0.2) is 28.2 Å². The minimum atomic E-state index is -0.215. The van der Waals surface area contributed by atoms with Gasteiger partial charge in [0.1, 0.15) is 5.84 Å². The summed E-state index contributed by atoms with van der Waals surface area (Å²) in [5.74, 6) is 0.518. The van der Waals surface area contributed by atoms with Crippen LogP contribution < -0.4 is 5.32 Å². The number of carbonyl (C=O) groups excluding carboxylic acids is 1. The first kappa shape index (κ1) is 19.1. The maximum atomic E-state index is 12.7. The van der Waals surface area contributed by atoms with Gasteiger partial charge in [0.05, 0.1) is 28.1 Å². The summed E-state index contributed by atoms with van der Waals surface area (Å²) in [5, 5.41) is 3.84. The fraction of sp³-hybridized carbons (Fsp3) is 0.130. The van der Waals surface area contributed by atoms with Crippen LogP contribution in [-0.2, 0) is 4.79 Å². The lowest BCUT2D eigenvalue weighted by atomic mass is 9.93. The Hall–Kier alpha value is -3.25. The molecule has 0 unspecified atom stereocenters. The number of hydrogen-bond donors (Lipinski definition) is 1. The molecule has 1 amide bonds. The number of aromatic nitrogens is 1. The largest absolute Gasteiger partial charge is 0.313 e. The number of nitrogens with one attached hydrogen (secondary N) is 1. The number of fused-ring (bicyclic) bond motifs is 1. The molecule has 1 N–H and O–H groups in total. The number of nitrogens with zero attached hydrogens (tertiary/aromatic N) is 3. The van der Waals surface area contributed by atoms with E-state index in [4.69, 9.17) is 9.98 Å². The molecule has 2 aromatic carbocycles. The fourth-order valence-corrected chi connectivity index (χ4v) is 3.86. The van der Waals surface area contributed by atoms with Crippen LogP contribution in [0, 0.1) is 0 Å². The van der Waals surface area contributed by atoms with Crippen molar-refractivity contribution in [1.29, 1.82) is 0 Å². The van der Waals surface area contributed by atoms with Gasteiger partial charge in [-0.15, -0.1) is 0 Å².